The van der Waals surface area contributed by atoms with Crippen molar-refractivity contribution in [3.05, 3.63) is 12.0 Å². The van der Waals surface area contributed by atoms with Gasteiger partial charge in [0.2, 0.25) is 0 Å². The molecule has 2 N–H and O–H groups in total. The Bertz CT molecular complexity index is 431. The number of carboxylic acid groups (broad SMARTS) is 1. The smallest absolute Gasteiger partial charge is 0.323 e. The van der Waals surface area contributed by atoms with Crippen LogP contribution in [0.5, 0.6) is 0 Å². The molecule has 100 valence electrons. The summed E-state index contributed by atoms with van der Waals surface area (Å²) >= 11 is 1.45. The molecule has 18 heavy (non-hydrogen) atoms. The first-order valence-electron chi connectivity index (χ1n) is 6.05. The summed E-state index contributed by atoms with van der Waals surface area (Å²) in [5, 5.41) is 13.1. The molecular formula is C12H18N2O3S. The largest absolute Gasteiger partial charge is 0.480 e. The average molecular weight is 270 g/mol. The molecule has 0 bridgehead atoms. The number of hydrogen-bond donors (Lipinski definition) is 2. The first-order chi connectivity index (χ1) is 8.49. The van der Waals surface area contributed by atoms with E-state index in [1.54, 1.807) is 13.2 Å². The molecule has 2 rings (SSSR count). The molecule has 0 aromatic carbocycles. The highest BCUT2D eigenvalue weighted by atomic mass is 32.2. The van der Waals surface area contributed by atoms with Crippen LogP contribution in [-0.4, -0.2) is 33.4 Å². The molecular weight excluding hydrogens is 252 g/mol. The van der Waals surface area contributed by atoms with Crippen LogP contribution >= 0.6 is 11.8 Å². The van der Waals surface area contributed by atoms with Crippen molar-refractivity contribution >= 4 is 17.7 Å². The summed E-state index contributed by atoms with van der Waals surface area (Å²) in [5.74, 6) is -0.124. The number of carbonyl (C=O) groups is 1. The summed E-state index contributed by atoms with van der Waals surface area (Å²) in [6.07, 6.45) is 4.30. The molecule has 1 aromatic rings. The van der Waals surface area contributed by atoms with Crippen molar-refractivity contribution in [1.82, 2.24) is 10.3 Å². The molecule has 1 aliphatic rings. The van der Waals surface area contributed by atoms with Gasteiger partial charge in [0.15, 0.2) is 0 Å². The zero-order valence-corrected chi connectivity index (χ0v) is 11.4. The lowest BCUT2D eigenvalue weighted by Crippen LogP contribution is -2.50. The van der Waals surface area contributed by atoms with E-state index in [1.807, 2.05) is 6.92 Å². The summed E-state index contributed by atoms with van der Waals surface area (Å²) in [7, 11) is 0. The minimum absolute atomic E-state index is 0.375. The van der Waals surface area contributed by atoms with Crippen molar-refractivity contribution in [2.45, 2.75) is 49.9 Å². The second-order valence-corrected chi connectivity index (χ2v) is 5.96. The Hall–Kier alpha value is -1.01. The molecule has 5 nitrogen and oxygen atoms in total. The van der Waals surface area contributed by atoms with Crippen LogP contribution in [0.4, 0.5) is 0 Å². The number of hydrogen-bond acceptors (Lipinski definition) is 5. The molecule has 0 spiro atoms. The maximum absolute atomic E-state index is 11.3. The minimum Gasteiger partial charge on any atom is -0.480 e. The normalized spacial score (nSPS) is 18.6. The van der Waals surface area contributed by atoms with Crippen molar-refractivity contribution in [1.29, 1.82) is 0 Å². The van der Waals surface area contributed by atoms with Gasteiger partial charge in [0.05, 0.1) is 5.69 Å². The van der Waals surface area contributed by atoms with Gasteiger partial charge in [-0.3, -0.25) is 10.1 Å². The van der Waals surface area contributed by atoms with E-state index in [2.05, 4.69) is 10.3 Å². The van der Waals surface area contributed by atoms with Gasteiger partial charge in [0, 0.05) is 11.8 Å². The molecule has 0 amide bonds. The van der Waals surface area contributed by atoms with Crippen LogP contribution in [0.3, 0.4) is 0 Å². The molecule has 1 aromatic heterocycles. The van der Waals surface area contributed by atoms with Gasteiger partial charge in [0.1, 0.15) is 11.8 Å². The number of aliphatic carboxylic acids is 1. The third kappa shape index (κ3) is 3.49. The van der Waals surface area contributed by atoms with Gasteiger partial charge < -0.3 is 9.52 Å². The maximum Gasteiger partial charge on any atom is 0.323 e. The fourth-order valence-electron chi connectivity index (χ4n) is 1.66. The Morgan fingerprint density at radius 2 is 2.44 bits per heavy atom. The fourth-order valence-corrected chi connectivity index (χ4v) is 2.67. The third-order valence-electron chi connectivity index (χ3n) is 3.00. The number of oxazole rings is 1. The number of carboxylic acids is 1. The zero-order chi connectivity index (χ0) is 13.2. The summed E-state index contributed by atoms with van der Waals surface area (Å²) in [6, 6.07) is 0.375. The zero-order valence-electron chi connectivity index (χ0n) is 10.6. The highest BCUT2D eigenvalue weighted by molar-refractivity contribution is 7.99. The van der Waals surface area contributed by atoms with Crippen LogP contribution in [-0.2, 0) is 4.79 Å². The molecule has 1 fully saturated rings. The number of rotatable bonds is 7. The first-order valence-corrected chi connectivity index (χ1v) is 7.04. The van der Waals surface area contributed by atoms with E-state index in [9.17, 15) is 9.90 Å². The maximum atomic E-state index is 11.3. The lowest BCUT2D eigenvalue weighted by atomic mass is 9.99. The van der Waals surface area contributed by atoms with E-state index >= 15 is 0 Å². The van der Waals surface area contributed by atoms with E-state index in [0.29, 0.717) is 23.4 Å². The van der Waals surface area contributed by atoms with Crippen molar-refractivity contribution in [3.63, 3.8) is 0 Å². The van der Waals surface area contributed by atoms with E-state index < -0.39 is 11.5 Å². The highest BCUT2D eigenvalue weighted by Crippen LogP contribution is 2.26. The van der Waals surface area contributed by atoms with Crippen LogP contribution in [0, 0.1) is 6.92 Å². The fraction of sp³-hybridized carbons (Fsp3) is 0.667. The molecule has 1 atom stereocenters. The molecule has 1 heterocycles. The molecule has 1 unspecified atom stereocenters. The Morgan fingerprint density at radius 3 is 2.94 bits per heavy atom. The van der Waals surface area contributed by atoms with E-state index in [4.69, 9.17) is 4.42 Å². The number of nitrogens with one attached hydrogen (secondary N) is 1. The second kappa shape index (κ2) is 5.32. The van der Waals surface area contributed by atoms with Gasteiger partial charge in [0.25, 0.3) is 5.22 Å². The lowest BCUT2D eigenvalue weighted by molar-refractivity contribution is -0.144. The van der Waals surface area contributed by atoms with Crippen molar-refractivity contribution in [3.8, 4) is 0 Å². The Labute approximate surface area is 110 Å². The predicted octanol–water partition coefficient (Wildman–Crippen LogP) is 2.06. The Kier molecular flexibility index (Phi) is 3.97. The SMILES string of the molecule is Cc1coc(SCCC(C)(NC2CC2)C(=O)O)n1. The van der Waals surface area contributed by atoms with Gasteiger partial charge in [-0.1, -0.05) is 11.8 Å². The summed E-state index contributed by atoms with van der Waals surface area (Å²) in [4.78, 5) is 15.5. The highest BCUT2D eigenvalue weighted by Gasteiger charge is 2.38. The average Bonchev–Trinajstić information content (AvgIpc) is 3.00. The standard InChI is InChI=1S/C12H18N2O3S/c1-8-7-17-11(13-8)18-6-5-12(2,10(15)16)14-9-3-4-9/h7,9,14H,3-6H2,1-2H3,(H,15,16). The Morgan fingerprint density at radius 1 is 1.72 bits per heavy atom. The van der Waals surface area contributed by atoms with Gasteiger partial charge in [-0.25, -0.2) is 4.98 Å². The molecule has 1 aliphatic carbocycles. The number of nitrogens with zero attached hydrogens (tertiary/aromatic N) is 1. The van der Waals surface area contributed by atoms with Gasteiger partial charge in [-0.15, -0.1) is 0 Å². The van der Waals surface area contributed by atoms with Crippen LogP contribution in [0.25, 0.3) is 0 Å². The van der Waals surface area contributed by atoms with Crippen molar-refractivity contribution < 1.29 is 14.3 Å². The summed E-state index contributed by atoms with van der Waals surface area (Å²) in [6.45, 7) is 3.61. The number of aryl methyl sites for hydroxylation is 1. The van der Waals surface area contributed by atoms with Crippen LogP contribution in [0.2, 0.25) is 0 Å². The Balaban J connectivity index is 1.83. The summed E-state index contributed by atoms with van der Waals surface area (Å²) < 4.78 is 5.22. The van der Waals surface area contributed by atoms with Gasteiger partial charge in [-0.2, -0.15) is 0 Å². The van der Waals surface area contributed by atoms with Crippen LogP contribution < -0.4 is 5.32 Å². The minimum atomic E-state index is -0.851. The molecule has 6 heteroatoms. The monoisotopic (exact) mass is 270 g/mol. The summed E-state index contributed by atoms with van der Waals surface area (Å²) in [5.41, 5.74) is -0.00916. The van der Waals surface area contributed by atoms with E-state index in [1.165, 1.54) is 11.8 Å². The number of thioether (sulfide) groups is 1. The molecule has 0 aliphatic heterocycles. The number of aromatic nitrogens is 1. The quantitative estimate of drug-likeness (QED) is 0.739. The molecule has 1 saturated carbocycles. The first kappa shape index (κ1) is 13.4. The van der Waals surface area contributed by atoms with E-state index in [-0.39, 0.29) is 0 Å². The molecule has 0 radical (unpaired) electrons. The van der Waals surface area contributed by atoms with Gasteiger partial charge in [-0.05, 0) is 33.1 Å². The van der Waals surface area contributed by atoms with Crippen LogP contribution in [0.15, 0.2) is 15.9 Å². The van der Waals surface area contributed by atoms with Gasteiger partial charge >= 0.3 is 5.97 Å². The van der Waals surface area contributed by atoms with Crippen molar-refractivity contribution in [2.75, 3.05) is 5.75 Å². The lowest BCUT2D eigenvalue weighted by Gasteiger charge is -2.25. The predicted molar refractivity (Wildman–Crippen MR) is 68.8 cm³/mol. The van der Waals surface area contributed by atoms with Crippen LogP contribution in [0.1, 0.15) is 31.9 Å². The van der Waals surface area contributed by atoms with E-state index in [0.717, 1.165) is 18.5 Å². The second-order valence-electron chi connectivity index (χ2n) is 4.91. The topological polar surface area (TPSA) is 75.4 Å². The van der Waals surface area contributed by atoms with Crippen molar-refractivity contribution in [2.24, 2.45) is 0 Å². The molecule has 0 saturated heterocycles. The third-order valence-corrected chi connectivity index (χ3v) is 3.84.